The van der Waals surface area contributed by atoms with Gasteiger partial charge in [0.25, 0.3) is 10.0 Å². The van der Waals surface area contributed by atoms with Gasteiger partial charge in [-0.05, 0) is 66.2 Å². The molecule has 0 unspecified atom stereocenters. The number of benzene rings is 4. The number of nitrogens with two attached hydrogens (primary N) is 1. The van der Waals surface area contributed by atoms with Crippen LogP contribution in [0.4, 0.5) is 18.9 Å². The van der Waals surface area contributed by atoms with Crippen LogP contribution in [0.5, 0.6) is 5.75 Å². The Hall–Kier alpha value is -4.26. The summed E-state index contributed by atoms with van der Waals surface area (Å²) in [5.74, 6) is -1.02. The molecule has 4 N–H and O–H groups in total. The summed E-state index contributed by atoms with van der Waals surface area (Å²) >= 11 is 13.0. The van der Waals surface area contributed by atoms with Crippen LogP contribution in [-0.2, 0) is 10.0 Å². The van der Waals surface area contributed by atoms with Crippen molar-refractivity contribution in [3.8, 4) is 28.3 Å². The minimum Gasteiger partial charge on any atom is -0.406 e. The highest BCUT2D eigenvalue weighted by Crippen LogP contribution is 2.40. The highest BCUT2D eigenvalue weighted by atomic mass is 35.5. The van der Waals surface area contributed by atoms with E-state index in [0.29, 0.717) is 21.9 Å². The van der Waals surface area contributed by atoms with Gasteiger partial charge < -0.3 is 15.5 Å². The predicted molar refractivity (Wildman–Crippen MR) is 149 cm³/mol. The number of sulfonamides is 1. The Morgan fingerprint density at radius 2 is 1.68 bits per heavy atom. The number of fused-ring (bicyclic) bond motifs is 1. The topological polar surface area (TPSA) is 127 Å². The lowest BCUT2D eigenvalue weighted by molar-refractivity contribution is -0.274. The number of aromatic nitrogens is 2. The van der Waals surface area contributed by atoms with Gasteiger partial charge in [0.15, 0.2) is 0 Å². The second kappa shape index (κ2) is 10.6. The molecule has 1 heterocycles. The predicted octanol–water partition coefficient (Wildman–Crippen LogP) is 7.00. The molecule has 0 spiro atoms. The van der Waals surface area contributed by atoms with Gasteiger partial charge >= 0.3 is 6.36 Å². The molecule has 0 saturated carbocycles. The van der Waals surface area contributed by atoms with Gasteiger partial charge in [-0.2, -0.15) is 0 Å². The Bertz CT molecular complexity index is 1880. The fraction of sp³-hybridized carbons (Fsp3) is 0.0370. The number of H-pyrrole nitrogens is 1. The fourth-order valence-corrected chi connectivity index (χ4v) is 6.04. The van der Waals surface area contributed by atoms with Crippen LogP contribution in [0.2, 0.25) is 10.0 Å². The standard InChI is InChI=1S/C27H17Cl2F3N4O4S/c28-19-11-5-14(13-18(19)26-34-20-3-1-2-4-21(20)35-26)23-22(12-10-17(24(23)29)25(33)37)41(38,39)36-15-6-8-16(9-7-15)40-27(30,31)32/h1-13,36H,(H2,33,37)(H,34,35). The lowest BCUT2D eigenvalue weighted by Gasteiger charge is -2.17. The molecule has 4 aromatic carbocycles. The molecule has 8 nitrogen and oxygen atoms in total. The number of alkyl halides is 3. The summed E-state index contributed by atoms with van der Waals surface area (Å²) in [6, 6.07) is 18.3. The monoisotopic (exact) mass is 620 g/mol. The second-order valence-corrected chi connectivity index (χ2v) is 11.1. The maximum Gasteiger partial charge on any atom is 0.573 e. The number of halogens is 5. The summed E-state index contributed by atoms with van der Waals surface area (Å²) in [7, 11) is -4.42. The van der Waals surface area contributed by atoms with Crippen LogP contribution >= 0.6 is 23.2 Å². The van der Waals surface area contributed by atoms with Crippen molar-refractivity contribution in [1.29, 1.82) is 0 Å². The fourth-order valence-electron chi connectivity index (χ4n) is 4.12. The van der Waals surface area contributed by atoms with Crippen molar-refractivity contribution in [3.05, 3.63) is 94.5 Å². The highest BCUT2D eigenvalue weighted by molar-refractivity contribution is 7.92. The van der Waals surface area contributed by atoms with E-state index in [1.807, 2.05) is 18.2 Å². The molecule has 0 atom stereocenters. The van der Waals surface area contributed by atoms with E-state index in [9.17, 15) is 26.4 Å². The number of nitrogens with one attached hydrogen (secondary N) is 2. The number of carbonyl (C=O) groups excluding carboxylic acids is 1. The van der Waals surface area contributed by atoms with Crippen LogP contribution in [0.3, 0.4) is 0 Å². The van der Waals surface area contributed by atoms with Crippen molar-refractivity contribution in [1.82, 2.24) is 9.97 Å². The maximum absolute atomic E-state index is 13.5. The summed E-state index contributed by atoms with van der Waals surface area (Å²) in [6.07, 6.45) is -4.91. The largest absolute Gasteiger partial charge is 0.573 e. The lowest BCUT2D eigenvalue weighted by atomic mass is 10.00. The second-order valence-electron chi connectivity index (χ2n) is 8.64. The number of amides is 1. The Kier molecular flexibility index (Phi) is 7.32. The summed E-state index contributed by atoms with van der Waals surface area (Å²) in [5, 5.41) is 0.0749. The van der Waals surface area contributed by atoms with Gasteiger partial charge in [-0.15, -0.1) is 13.2 Å². The molecule has 210 valence electrons. The number of nitrogens with zero attached hydrogens (tertiary/aromatic N) is 1. The van der Waals surface area contributed by atoms with Gasteiger partial charge in [0.1, 0.15) is 11.6 Å². The molecular weight excluding hydrogens is 604 g/mol. The SMILES string of the molecule is NC(=O)c1ccc(S(=O)(=O)Nc2ccc(OC(F)(F)F)cc2)c(-c2ccc(Cl)c(-c3nc4ccccc4[nH]3)c2)c1Cl. The van der Waals surface area contributed by atoms with E-state index in [2.05, 4.69) is 19.4 Å². The first-order valence-corrected chi connectivity index (χ1v) is 13.8. The zero-order valence-electron chi connectivity index (χ0n) is 20.5. The molecule has 0 bridgehead atoms. The smallest absolute Gasteiger partial charge is 0.406 e. The van der Waals surface area contributed by atoms with Gasteiger partial charge in [-0.1, -0.05) is 41.4 Å². The summed E-state index contributed by atoms with van der Waals surface area (Å²) in [5.41, 5.74) is 7.36. The third-order valence-electron chi connectivity index (χ3n) is 5.90. The number of carbonyl (C=O) groups is 1. The van der Waals surface area contributed by atoms with E-state index < -0.39 is 28.0 Å². The molecule has 41 heavy (non-hydrogen) atoms. The third-order valence-corrected chi connectivity index (χ3v) is 8.04. The van der Waals surface area contributed by atoms with Crippen molar-refractivity contribution < 1.29 is 31.1 Å². The van der Waals surface area contributed by atoms with Crippen molar-refractivity contribution >= 4 is 55.9 Å². The van der Waals surface area contributed by atoms with Crippen LogP contribution in [0.25, 0.3) is 33.5 Å². The molecule has 14 heteroatoms. The molecule has 0 radical (unpaired) electrons. The number of anilines is 1. The Balaban J connectivity index is 1.60. The minimum atomic E-state index is -4.91. The number of rotatable bonds is 7. The van der Waals surface area contributed by atoms with Crippen molar-refractivity contribution in [2.45, 2.75) is 11.3 Å². The maximum atomic E-state index is 13.5. The third kappa shape index (κ3) is 5.94. The molecule has 1 amide bonds. The van der Waals surface area contributed by atoms with Gasteiger partial charge in [0, 0.05) is 16.8 Å². The number of para-hydroxylation sites is 2. The van der Waals surface area contributed by atoms with Gasteiger partial charge in [-0.25, -0.2) is 13.4 Å². The number of aromatic amines is 1. The van der Waals surface area contributed by atoms with E-state index in [0.717, 1.165) is 35.8 Å². The van der Waals surface area contributed by atoms with E-state index in [-0.39, 0.29) is 32.3 Å². The number of hydrogen-bond acceptors (Lipinski definition) is 5. The van der Waals surface area contributed by atoms with Crippen molar-refractivity contribution in [2.75, 3.05) is 4.72 Å². The average Bonchev–Trinajstić information content (AvgIpc) is 3.33. The van der Waals surface area contributed by atoms with Gasteiger partial charge in [0.05, 0.1) is 31.5 Å². The summed E-state index contributed by atoms with van der Waals surface area (Å²) < 4.78 is 70.7. The van der Waals surface area contributed by atoms with Crippen LogP contribution in [-0.4, -0.2) is 30.7 Å². The quantitative estimate of drug-likeness (QED) is 0.180. The summed E-state index contributed by atoms with van der Waals surface area (Å²) in [4.78, 5) is 19.4. The first-order valence-electron chi connectivity index (χ1n) is 11.6. The van der Waals surface area contributed by atoms with Gasteiger partial charge in [0.2, 0.25) is 5.91 Å². The molecule has 0 aliphatic rings. The molecule has 1 aromatic heterocycles. The minimum absolute atomic E-state index is 0.0541. The molecular formula is C27H17Cl2F3N4O4S. The van der Waals surface area contributed by atoms with E-state index >= 15 is 0 Å². The first kappa shape index (κ1) is 28.3. The number of imidazole rings is 1. The van der Waals surface area contributed by atoms with E-state index in [1.165, 1.54) is 18.2 Å². The van der Waals surface area contributed by atoms with Gasteiger partial charge in [-0.3, -0.25) is 9.52 Å². The molecule has 0 fully saturated rings. The molecule has 0 aliphatic carbocycles. The molecule has 0 aliphatic heterocycles. The van der Waals surface area contributed by atoms with Crippen molar-refractivity contribution in [3.63, 3.8) is 0 Å². The summed E-state index contributed by atoms with van der Waals surface area (Å²) in [6.45, 7) is 0. The Morgan fingerprint density at radius 3 is 2.34 bits per heavy atom. The normalized spacial score (nSPS) is 11.9. The molecule has 5 rings (SSSR count). The lowest BCUT2D eigenvalue weighted by Crippen LogP contribution is -2.18. The number of hydrogen-bond donors (Lipinski definition) is 3. The highest BCUT2D eigenvalue weighted by Gasteiger charge is 2.31. The van der Waals surface area contributed by atoms with E-state index in [1.54, 1.807) is 12.1 Å². The number of ether oxygens (including phenoxy) is 1. The molecule has 5 aromatic rings. The zero-order chi connectivity index (χ0) is 29.5. The Morgan fingerprint density at radius 1 is 0.976 bits per heavy atom. The van der Waals surface area contributed by atoms with E-state index in [4.69, 9.17) is 28.9 Å². The first-order chi connectivity index (χ1) is 19.3. The van der Waals surface area contributed by atoms with Crippen molar-refractivity contribution in [2.24, 2.45) is 5.73 Å². The van der Waals surface area contributed by atoms with Crippen LogP contribution in [0, 0.1) is 0 Å². The van der Waals surface area contributed by atoms with Crippen LogP contribution in [0.1, 0.15) is 10.4 Å². The molecule has 0 saturated heterocycles. The number of primary amides is 1. The van der Waals surface area contributed by atoms with Crippen LogP contribution in [0.15, 0.2) is 83.8 Å². The van der Waals surface area contributed by atoms with Crippen LogP contribution < -0.4 is 15.2 Å². The zero-order valence-corrected chi connectivity index (χ0v) is 22.8. The average molecular weight is 621 g/mol. The Labute approximate surface area is 240 Å².